The second-order valence-corrected chi connectivity index (χ2v) is 33.8. The molecule has 11 rings (SSSR count). The Balaban J connectivity index is 0.928. The van der Waals surface area contributed by atoms with E-state index in [2.05, 4.69) is 21.3 Å². The summed E-state index contributed by atoms with van der Waals surface area (Å²) in [6.07, 6.45) is -111. The van der Waals surface area contributed by atoms with Gasteiger partial charge in [0, 0.05) is 27.7 Å². The van der Waals surface area contributed by atoms with Gasteiger partial charge in [0.25, 0.3) is 0 Å². The van der Waals surface area contributed by atoms with E-state index in [1.54, 1.807) is 0 Å². The molecule has 35 N–H and O–H groups in total. The average molecular weight is 1970 g/mol. The number of amides is 4. The zero-order valence-electron chi connectivity index (χ0n) is 71.6. The van der Waals surface area contributed by atoms with Gasteiger partial charge in [-0.15, -0.1) is 0 Å². The predicted molar refractivity (Wildman–Crippen MR) is 409 cm³/mol. The first kappa shape index (κ1) is 110. The maximum absolute atomic E-state index is 13.4. The highest BCUT2D eigenvalue weighted by Gasteiger charge is 2.63. The normalized spacial score (nSPS) is 49.8. The lowest BCUT2D eigenvalue weighted by molar-refractivity contribution is -0.400. The van der Waals surface area contributed by atoms with Gasteiger partial charge in [0.15, 0.2) is 69.2 Å². The SMILES string of the molecule is CC(=O)NC1C(O)OC(CO)C(OC2OC(CO)C(OC3OC(COC4OC(CO)C(O)C(O)C4OC4OC(CO)C(O)C(OC5OC(CO)C(O)C(OC6OC(CO)C(O)C(O)C6O)C5O)C4NC(C)=O)C(O)C(OC4OC(CO)C(O)C(O)C4OC4OC(CO)C(O)C(OC5OC(CO)C(O)C(OC6OC(CO)C(O)C(O)C6O)C5O)C4NC(C)=O)C3O)C(O)C2NC(C)=O)C1O. The highest BCUT2D eigenvalue weighted by molar-refractivity contribution is 5.74. The standard InChI is InChI=1S/C74H124N4O56/c1-16(89)75-31-44(102)55(28(13-87)115-64(31)113)126-65-32(76-17(2)90)45(103)56(29(14-88)124-65)127-72-54(112)61(132-74-63(49(107)38(96)23(8-82)123-74)134-67-34(78-19(4)92)58(40(98)25(10-84)117-67)129-71-53(111)60(42(100)27(12-86)121-71)131-69-51(109)47(105)36(94)21(6-80)119-69)43(101)30(125-72)15-114-73-62(48(106)37(95)22(7-81)122-73)133-66-33(77-18(3)91)57(39(97)24(9-83)116-66)128-70-52(110)59(41(99)26(11-85)120-70)130-68-50(108)46(104)35(93)20(5-79)118-68/h20-74,79-88,93-113H,5-15H2,1-4H3,(H,75,89)(H,76,90)(H,77,91)(H,78,92). The molecule has 776 valence electrons. The van der Waals surface area contributed by atoms with E-state index in [1.807, 2.05) is 0 Å². The highest BCUT2D eigenvalue weighted by Crippen LogP contribution is 2.42. The third-order valence-corrected chi connectivity index (χ3v) is 24.6. The Morgan fingerprint density at radius 3 is 0.784 bits per heavy atom. The minimum absolute atomic E-state index is 0.820. The molecular formula is C74H124N4O56. The molecule has 134 heavy (non-hydrogen) atoms. The van der Waals surface area contributed by atoms with Crippen LogP contribution < -0.4 is 21.3 Å². The van der Waals surface area contributed by atoms with Crippen LogP contribution in [-0.4, -0.2) is 592 Å². The topological polar surface area (TPSA) is 937 Å². The number of ether oxygens (including phenoxy) is 21. The molecule has 11 saturated heterocycles. The van der Waals surface area contributed by atoms with Crippen LogP contribution in [0.1, 0.15) is 27.7 Å². The molecule has 55 atom stereocenters. The van der Waals surface area contributed by atoms with Gasteiger partial charge < -0.3 is 279 Å². The molecule has 11 aliphatic rings. The van der Waals surface area contributed by atoms with E-state index in [-0.39, 0.29) is 0 Å². The van der Waals surface area contributed by atoms with Gasteiger partial charge in [0.2, 0.25) is 23.6 Å². The smallest absolute Gasteiger partial charge is 0.217 e. The maximum Gasteiger partial charge on any atom is 0.217 e. The van der Waals surface area contributed by atoms with Crippen LogP contribution in [0.2, 0.25) is 0 Å². The fourth-order valence-corrected chi connectivity index (χ4v) is 17.4. The van der Waals surface area contributed by atoms with Crippen LogP contribution in [0.5, 0.6) is 0 Å². The van der Waals surface area contributed by atoms with E-state index in [0.717, 1.165) is 27.7 Å². The lowest BCUT2D eigenvalue weighted by Gasteiger charge is -2.51. The number of aliphatic hydroxyl groups is 31. The number of aliphatic hydroxyl groups excluding tert-OH is 31. The van der Waals surface area contributed by atoms with Crippen molar-refractivity contribution in [3.8, 4) is 0 Å². The van der Waals surface area contributed by atoms with Crippen molar-refractivity contribution < 1.29 is 277 Å². The van der Waals surface area contributed by atoms with Crippen LogP contribution in [0.4, 0.5) is 0 Å². The number of rotatable bonds is 35. The molecule has 0 bridgehead atoms. The molecule has 55 unspecified atom stereocenters. The van der Waals surface area contributed by atoms with Gasteiger partial charge in [-0.05, 0) is 0 Å². The number of carbonyl (C=O) groups excluding carboxylic acids is 4. The molecule has 11 aliphatic heterocycles. The Bertz CT molecular complexity index is 3650. The molecule has 4 amide bonds. The summed E-state index contributed by atoms with van der Waals surface area (Å²) in [5.74, 6) is -3.90. The molecule has 0 aromatic rings. The fourth-order valence-electron chi connectivity index (χ4n) is 17.4. The largest absolute Gasteiger partial charge is 0.394 e. The third kappa shape index (κ3) is 24.0. The summed E-state index contributed by atoms with van der Waals surface area (Å²) in [4.78, 5) is 52.1. The summed E-state index contributed by atoms with van der Waals surface area (Å²) in [5.41, 5.74) is 0. The van der Waals surface area contributed by atoms with Crippen LogP contribution in [-0.2, 0) is 119 Å². The second-order valence-electron chi connectivity index (χ2n) is 33.8. The number of hydrogen-bond donors (Lipinski definition) is 35. The Morgan fingerprint density at radius 2 is 0.418 bits per heavy atom. The van der Waals surface area contributed by atoms with Crippen molar-refractivity contribution in [2.45, 2.75) is 365 Å². The molecule has 0 aromatic heterocycles. The van der Waals surface area contributed by atoms with Gasteiger partial charge >= 0.3 is 0 Å². The lowest BCUT2D eigenvalue weighted by atomic mass is 9.93. The minimum Gasteiger partial charge on any atom is -0.394 e. The number of nitrogens with one attached hydrogen (secondary N) is 4. The fraction of sp³-hybridized carbons (Fsp3) is 0.946. The van der Waals surface area contributed by atoms with Gasteiger partial charge in [0.1, 0.15) is 268 Å². The van der Waals surface area contributed by atoms with Gasteiger partial charge in [-0.2, -0.15) is 0 Å². The number of carbonyl (C=O) groups is 4. The van der Waals surface area contributed by atoms with Crippen LogP contribution in [0.15, 0.2) is 0 Å². The zero-order valence-corrected chi connectivity index (χ0v) is 71.6. The molecule has 0 spiro atoms. The summed E-state index contributed by atoms with van der Waals surface area (Å²) in [5, 5.41) is 357. The first-order chi connectivity index (χ1) is 63.5. The Morgan fingerprint density at radius 1 is 0.194 bits per heavy atom. The van der Waals surface area contributed by atoms with Crippen LogP contribution in [0.25, 0.3) is 0 Å². The van der Waals surface area contributed by atoms with Crippen molar-refractivity contribution in [2.75, 3.05) is 72.7 Å². The van der Waals surface area contributed by atoms with Crippen molar-refractivity contribution in [3.63, 3.8) is 0 Å². The first-order valence-corrected chi connectivity index (χ1v) is 42.7. The molecule has 11 heterocycles. The van der Waals surface area contributed by atoms with Gasteiger partial charge in [-0.25, -0.2) is 0 Å². The molecule has 0 saturated carbocycles. The molecule has 0 aromatic carbocycles. The highest BCUT2D eigenvalue weighted by atomic mass is 16.8. The van der Waals surface area contributed by atoms with Gasteiger partial charge in [-0.1, -0.05) is 0 Å². The van der Waals surface area contributed by atoms with Crippen molar-refractivity contribution in [3.05, 3.63) is 0 Å². The molecule has 0 aliphatic carbocycles. The van der Waals surface area contributed by atoms with E-state index in [4.69, 9.17) is 99.5 Å². The van der Waals surface area contributed by atoms with Gasteiger partial charge in [-0.3, -0.25) is 19.2 Å². The monoisotopic (exact) mass is 1960 g/mol. The first-order valence-electron chi connectivity index (χ1n) is 42.7. The van der Waals surface area contributed by atoms with E-state index in [9.17, 15) is 177 Å². The zero-order chi connectivity index (χ0) is 98.5. The van der Waals surface area contributed by atoms with E-state index in [0.29, 0.717) is 0 Å². The molecule has 60 heteroatoms. The Hall–Kier alpha value is -4.20. The summed E-state index contributed by atoms with van der Waals surface area (Å²) < 4.78 is 125. The average Bonchev–Trinajstić information content (AvgIpc) is 0.846. The third-order valence-electron chi connectivity index (χ3n) is 24.6. The van der Waals surface area contributed by atoms with Crippen molar-refractivity contribution in [1.82, 2.24) is 21.3 Å². The van der Waals surface area contributed by atoms with Crippen LogP contribution in [0.3, 0.4) is 0 Å². The van der Waals surface area contributed by atoms with Crippen molar-refractivity contribution >= 4 is 23.6 Å². The predicted octanol–water partition coefficient (Wildman–Crippen LogP) is -24.4. The number of hydrogen-bond acceptors (Lipinski definition) is 56. The summed E-state index contributed by atoms with van der Waals surface area (Å²) >= 11 is 0. The molecule has 0 radical (unpaired) electrons. The Labute approximate surface area is 757 Å². The van der Waals surface area contributed by atoms with E-state index in [1.165, 1.54) is 0 Å². The Kier molecular flexibility index (Phi) is 39.7. The van der Waals surface area contributed by atoms with Crippen LogP contribution >= 0.6 is 0 Å². The molecular weight excluding hydrogens is 1840 g/mol. The molecule has 11 fully saturated rings. The summed E-state index contributed by atoms with van der Waals surface area (Å²) in [6, 6.07) is -7.84. The summed E-state index contributed by atoms with van der Waals surface area (Å²) in [6.45, 7) is -9.09. The minimum atomic E-state index is -2.68. The second kappa shape index (κ2) is 48.3. The van der Waals surface area contributed by atoms with Crippen molar-refractivity contribution in [1.29, 1.82) is 0 Å². The molecule has 60 nitrogen and oxygen atoms in total. The van der Waals surface area contributed by atoms with Crippen molar-refractivity contribution in [2.24, 2.45) is 0 Å². The van der Waals surface area contributed by atoms with Crippen LogP contribution in [0, 0.1) is 0 Å². The maximum atomic E-state index is 13.4. The summed E-state index contributed by atoms with van der Waals surface area (Å²) in [7, 11) is 0. The van der Waals surface area contributed by atoms with Gasteiger partial charge in [0.05, 0.1) is 72.7 Å². The quantitative estimate of drug-likeness (QED) is 0.0280. The van der Waals surface area contributed by atoms with E-state index < -0.39 is 434 Å². The van der Waals surface area contributed by atoms with E-state index >= 15 is 0 Å². The lowest BCUT2D eigenvalue weighted by Crippen LogP contribution is -2.71.